The number of nitrogens with one attached hydrogen (secondary N) is 1. The molecular formula is C16H24N2. The molecule has 2 heteroatoms. The van der Waals surface area contributed by atoms with Gasteiger partial charge in [-0.3, -0.25) is 0 Å². The molecule has 98 valence electrons. The highest BCUT2D eigenvalue weighted by atomic mass is 14.9. The zero-order chi connectivity index (χ0) is 12.4. The van der Waals surface area contributed by atoms with E-state index in [1.807, 2.05) is 0 Å². The lowest BCUT2D eigenvalue weighted by atomic mass is 9.81. The standard InChI is InChI=1S/C16H24N2/c17-16-8-13(9-16)11-18-10-12-5-6-14-3-1-2-4-15(14)7-12/h5-7,13,16,18H,1-4,8-11,17H2. The molecule has 2 aliphatic rings. The second kappa shape index (κ2) is 5.41. The number of nitrogens with two attached hydrogens (primary N) is 1. The third-order valence-corrected chi connectivity index (χ3v) is 4.45. The second-order valence-electron chi connectivity index (χ2n) is 6.04. The van der Waals surface area contributed by atoms with Crippen molar-refractivity contribution in [3.8, 4) is 0 Å². The normalized spacial score (nSPS) is 26.5. The minimum Gasteiger partial charge on any atom is -0.328 e. The topological polar surface area (TPSA) is 38.0 Å². The molecule has 1 aromatic carbocycles. The van der Waals surface area contributed by atoms with Crippen LogP contribution in [0.25, 0.3) is 0 Å². The predicted molar refractivity (Wildman–Crippen MR) is 75.5 cm³/mol. The number of aryl methyl sites for hydroxylation is 2. The van der Waals surface area contributed by atoms with Gasteiger partial charge in [0.05, 0.1) is 0 Å². The van der Waals surface area contributed by atoms with Gasteiger partial charge in [-0.25, -0.2) is 0 Å². The van der Waals surface area contributed by atoms with Gasteiger partial charge in [0, 0.05) is 12.6 Å². The summed E-state index contributed by atoms with van der Waals surface area (Å²) < 4.78 is 0. The third-order valence-electron chi connectivity index (χ3n) is 4.45. The molecule has 3 N–H and O–H groups in total. The predicted octanol–water partition coefficient (Wildman–Crippen LogP) is 2.39. The van der Waals surface area contributed by atoms with Crippen LogP contribution in [0.4, 0.5) is 0 Å². The molecule has 0 saturated heterocycles. The van der Waals surface area contributed by atoms with Crippen LogP contribution >= 0.6 is 0 Å². The summed E-state index contributed by atoms with van der Waals surface area (Å²) in [6.07, 6.45) is 7.70. The van der Waals surface area contributed by atoms with Gasteiger partial charge >= 0.3 is 0 Å². The second-order valence-corrected chi connectivity index (χ2v) is 6.04. The monoisotopic (exact) mass is 244 g/mol. The van der Waals surface area contributed by atoms with Gasteiger partial charge in [-0.05, 0) is 67.7 Å². The van der Waals surface area contributed by atoms with Crippen molar-refractivity contribution in [1.29, 1.82) is 0 Å². The molecule has 0 radical (unpaired) electrons. The average molecular weight is 244 g/mol. The van der Waals surface area contributed by atoms with Crippen molar-refractivity contribution in [3.63, 3.8) is 0 Å². The third kappa shape index (κ3) is 2.76. The molecule has 1 saturated carbocycles. The van der Waals surface area contributed by atoms with Crippen molar-refractivity contribution in [2.75, 3.05) is 6.54 Å². The van der Waals surface area contributed by atoms with Crippen LogP contribution in [0.5, 0.6) is 0 Å². The maximum atomic E-state index is 5.80. The molecule has 0 heterocycles. The summed E-state index contributed by atoms with van der Waals surface area (Å²) in [5.74, 6) is 0.817. The fourth-order valence-electron chi connectivity index (χ4n) is 3.27. The van der Waals surface area contributed by atoms with Gasteiger partial charge in [0.25, 0.3) is 0 Å². The van der Waals surface area contributed by atoms with E-state index >= 15 is 0 Å². The smallest absolute Gasteiger partial charge is 0.0205 e. The van der Waals surface area contributed by atoms with Gasteiger partial charge in [0.15, 0.2) is 0 Å². The molecule has 0 spiro atoms. The summed E-state index contributed by atoms with van der Waals surface area (Å²) in [5.41, 5.74) is 10.4. The Bertz CT molecular complexity index is 408. The molecule has 0 bridgehead atoms. The Hall–Kier alpha value is -0.860. The van der Waals surface area contributed by atoms with E-state index in [4.69, 9.17) is 5.73 Å². The van der Waals surface area contributed by atoms with Gasteiger partial charge in [-0.1, -0.05) is 18.2 Å². The molecule has 0 aromatic heterocycles. The van der Waals surface area contributed by atoms with Crippen molar-refractivity contribution in [2.24, 2.45) is 11.7 Å². The Labute approximate surface area is 110 Å². The molecule has 0 aliphatic heterocycles. The van der Waals surface area contributed by atoms with Crippen LogP contribution in [0.3, 0.4) is 0 Å². The molecule has 1 fully saturated rings. The van der Waals surface area contributed by atoms with E-state index in [1.54, 1.807) is 11.1 Å². The van der Waals surface area contributed by atoms with Crippen molar-refractivity contribution >= 4 is 0 Å². The lowest BCUT2D eigenvalue weighted by Gasteiger charge is -2.32. The minimum atomic E-state index is 0.473. The van der Waals surface area contributed by atoms with Crippen LogP contribution in [0, 0.1) is 5.92 Å². The fraction of sp³-hybridized carbons (Fsp3) is 0.625. The highest BCUT2D eigenvalue weighted by Gasteiger charge is 2.24. The molecule has 18 heavy (non-hydrogen) atoms. The molecule has 1 aromatic rings. The molecule has 3 rings (SSSR count). The SMILES string of the molecule is NC1CC(CNCc2ccc3c(c2)CCCC3)C1. The van der Waals surface area contributed by atoms with E-state index in [-0.39, 0.29) is 0 Å². The maximum Gasteiger partial charge on any atom is 0.0205 e. The summed E-state index contributed by atoms with van der Waals surface area (Å²) in [7, 11) is 0. The van der Waals surface area contributed by atoms with Crippen LogP contribution in [0.1, 0.15) is 42.4 Å². The maximum absolute atomic E-state index is 5.80. The van der Waals surface area contributed by atoms with E-state index in [2.05, 4.69) is 23.5 Å². The van der Waals surface area contributed by atoms with Gasteiger partial charge in [-0.2, -0.15) is 0 Å². The molecule has 0 unspecified atom stereocenters. The lowest BCUT2D eigenvalue weighted by Crippen LogP contribution is -2.41. The first-order valence-corrected chi connectivity index (χ1v) is 7.38. The fourth-order valence-corrected chi connectivity index (χ4v) is 3.27. The van der Waals surface area contributed by atoms with Crippen molar-refractivity contribution in [3.05, 3.63) is 34.9 Å². The van der Waals surface area contributed by atoms with Crippen LogP contribution in [0.15, 0.2) is 18.2 Å². The van der Waals surface area contributed by atoms with E-state index in [0.717, 1.165) is 19.0 Å². The van der Waals surface area contributed by atoms with E-state index < -0.39 is 0 Å². The number of benzene rings is 1. The molecule has 2 aliphatic carbocycles. The van der Waals surface area contributed by atoms with Gasteiger partial charge in [0.2, 0.25) is 0 Å². The van der Waals surface area contributed by atoms with Crippen molar-refractivity contribution < 1.29 is 0 Å². The van der Waals surface area contributed by atoms with Crippen LogP contribution in [-0.2, 0) is 19.4 Å². The molecule has 2 nitrogen and oxygen atoms in total. The van der Waals surface area contributed by atoms with E-state index in [9.17, 15) is 0 Å². The molecule has 0 amide bonds. The molecule has 0 atom stereocenters. The Morgan fingerprint density at radius 1 is 1.11 bits per heavy atom. The lowest BCUT2D eigenvalue weighted by molar-refractivity contribution is 0.256. The number of fused-ring (bicyclic) bond motifs is 1. The minimum absolute atomic E-state index is 0.473. The van der Waals surface area contributed by atoms with Gasteiger partial charge in [0.1, 0.15) is 0 Å². The highest BCUT2D eigenvalue weighted by Crippen LogP contribution is 2.25. The number of hydrogen-bond acceptors (Lipinski definition) is 2. The first-order chi connectivity index (χ1) is 8.81. The number of rotatable bonds is 4. The summed E-state index contributed by atoms with van der Waals surface area (Å²) in [4.78, 5) is 0. The first-order valence-electron chi connectivity index (χ1n) is 7.38. The zero-order valence-electron chi connectivity index (χ0n) is 11.1. The van der Waals surface area contributed by atoms with Crippen LogP contribution in [0.2, 0.25) is 0 Å². The van der Waals surface area contributed by atoms with E-state index in [0.29, 0.717) is 6.04 Å². The molecular weight excluding hydrogens is 220 g/mol. The van der Waals surface area contributed by atoms with Gasteiger partial charge < -0.3 is 11.1 Å². The van der Waals surface area contributed by atoms with Gasteiger partial charge in [-0.15, -0.1) is 0 Å². The Morgan fingerprint density at radius 2 is 1.89 bits per heavy atom. The number of hydrogen-bond donors (Lipinski definition) is 2. The van der Waals surface area contributed by atoms with Crippen LogP contribution in [-0.4, -0.2) is 12.6 Å². The van der Waals surface area contributed by atoms with Crippen molar-refractivity contribution in [2.45, 2.75) is 51.1 Å². The van der Waals surface area contributed by atoms with E-state index in [1.165, 1.54) is 44.1 Å². The Morgan fingerprint density at radius 3 is 2.67 bits per heavy atom. The quantitative estimate of drug-likeness (QED) is 0.853. The zero-order valence-corrected chi connectivity index (χ0v) is 11.1. The van der Waals surface area contributed by atoms with Crippen LogP contribution < -0.4 is 11.1 Å². The highest BCUT2D eigenvalue weighted by molar-refractivity contribution is 5.33. The first kappa shape index (κ1) is 12.2. The van der Waals surface area contributed by atoms with Crippen molar-refractivity contribution in [1.82, 2.24) is 5.32 Å². The Balaban J connectivity index is 1.50. The summed E-state index contributed by atoms with van der Waals surface area (Å²) in [6, 6.07) is 7.52. The summed E-state index contributed by atoms with van der Waals surface area (Å²) >= 11 is 0. The average Bonchev–Trinajstić information content (AvgIpc) is 2.36. The summed E-state index contributed by atoms with van der Waals surface area (Å²) in [6.45, 7) is 2.14. The summed E-state index contributed by atoms with van der Waals surface area (Å²) in [5, 5.41) is 3.58. The Kier molecular flexibility index (Phi) is 3.67. The largest absolute Gasteiger partial charge is 0.328 e.